The van der Waals surface area contributed by atoms with Gasteiger partial charge in [0.25, 0.3) is 0 Å². The molecule has 0 aromatic carbocycles. The van der Waals surface area contributed by atoms with Gasteiger partial charge in [0, 0.05) is 31.1 Å². The van der Waals surface area contributed by atoms with Crippen LogP contribution in [0, 0.1) is 11.8 Å². The van der Waals surface area contributed by atoms with Crippen LogP contribution >= 0.6 is 7.82 Å². The minimum absolute atomic E-state index is 0.00408. The minimum atomic E-state index is -4.45. The van der Waals surface area contributed by atoms with Crippen LogP contribution in [0.3, 0.4) is 0 Å². The Morgan fingerprint density at radius 1 is 0.793 bits per heavy atom. The van der Waals surface area contributed by atoms with E-state index in [0.29, 0.717) is 43.1 Å². The Balaban J connectivity index is 2.51. The molecule has 338 valence electrons. The zero-order valence-corrected chi connectivity index (χ0v) is 37.9. The Bertz CT molecular complexity index is 1200. The van der Waals surface area contributed by atoms with E-state index in [4.69, 9.17) is 18.5 Å². The molecular formula is C45H83NO11P+. The molecule has 0 radical (unpaired) electrons. The molecule has 1 aliphatic rings. The summed E-state index contributed by atoms with van der Waals surface area (Å²) in [4.78, 5) is 48.1. The molecular weight excluding hydrogens is 761 g/mol. The number of hydrogen-bond acceptors (Lipinski definition) is 10. The summed E-state index contributed by atoms with van der Waals surface area (Å²) < 4.78 is 34.2. The van der Waals surface area contributed by atoms with E-state index in [1.54, 1.807) is 12.2 Å². The fourth-order valence-electron chi connectivity index (χ4n) is 6.94. The summed E-state index contributed by atoms with van der Waals surface area (Å²) in [6, 6.07) is 0. The van der Waals surface area contributed by atoms with Gasteiger partial charge in [0.2, 0.25) is 0 Å². The van der Waals surface area contributed by atoms with Gasteiger partial charge < -0.3 is 29.1 Å². The molecule has 0 saturated heterocycles. The van der Waals surface area contributed by atoms with Gasteiger partial charge in [0.15, 0.2) is 6.10 Å². The van der Waals surface area contributed by atoms with Gasteiger partial charge in [-0.1, -0.05) is 141 Å². The zero-order chi connectivity index (χ0) is 43.1. The second-order valence-electron chi connectivity index (χ2n) is 17.2. The summed E-state index contributed by atoms with van der Waals surface area (Å²) in [5.74, 6) is -1.72. The molecule has 13 heteroatoms. The van der Waals surface area contributed by atoms with Crippen molar-refractivity contribution < 1.29 is 57.1 Å². The number of phosphoric ester groups is 1. The van der Waals surface area contributed by atoms with Crippen LogP contribution in [0.25, 0.3) is 0 Å². The highest BCUT2D eigenvalue weighted by molar-refractivity contribution is 7.47. The predicted octanol–water partition coefficient (Wildman–Crippen LogP) is 9.33. The highest BCUT2D eigenvalue weighted by Crippen LogP contribution is 2.43. The minimum Gasteiger partial charge on any atom is -0.462 e. The van der Waals surface area contributed by atoms with Gasteiger partial charge in [-0.2, -0.15) is 0 Å². The standard InChI is InChI=1S/C45H82NO11P/c1-6-8-10-11-12-13-14-15-16-17-18-19-20-25-29-44(50)54-36-39(37-56-58(52,53)55-34-33-46(3,4)5)57-45(51)30-26-22-21-24-28-40-41(43(49)35-42(40)48)32-31-38(47)27-23-9-7-2/h21,24,31-32,38-41,43,47,49H,6-20,22-23,25-30,33-37H2,1-5H3/p+1/b24-21-,32-31+/t38-,39+,40+,41+,43+/m0/s1. The summed E-state index contributed by atoms with van der Waals surface area (Å²) in [5.41, 5.74) is 0. The number of ether oxygens (including phenoxy) is 2. The average molecular weight is 845 g/mol. The number of allylic oxidation sites excluding steroid dienone is 2. The number of carbonyl (C=O) groups is 3. The molecule has 0 heterocycles. The van der Waals surface area contributed by atoms with Crippen LogP contribution in [-0.2, 0) is 37.5 Å². The number of rotatable bonds is 37. The number of likely N-dealkylation sites (N-methyl/N-ethyl adjacent to an activating group) is 1. The predicted molar refractivity (Wildman–Crippen MR) is 230 cm³/mol. The fraction of sp³-hybridized carbons (Fsp3) is 0.844. The maximum Gasteiger partial charge on any atom is 0.472 e. The normalized spacial score (nSPS) is 19.5. The molecule has 58 heavy (non-hydrogen) atoms. The number of nitrogens with zero attached hydrogens (tertiary/aromatic N) is 1. The molecule has 0 aromatic heterocycles. The van der Waals surface area contributed by atoms with Gasteiger partial charge in [-0.15, -0.1) is 0 Å². The number of aliphatic hydroxyl groups excluding tert-OH is 2. The summed E-state index contributed by atoms with van der Waals surface area (Å²) in [6.07, 6.45) is 27.3. The van der Waals surface area contributed by atoms with Crippen LogP contribution < -0.4 is 0 Å². The molecule has 0 amide bonds. The highest BCUT2D eigenvalue weighted by Gasteiger charge is 2.39. The van der Waals surface area contributed by atoms with E-state index in [0.717, 1.165) is 38.5 Å². The summed E-state index contributed by atoms with van der Waals surface area (Å²) in [6.45, 7) is 4.01. The van der Waals surface area contributed by atoms with Gasteiger partial charge >= 0.3 is 19.8 Å². The molecule has 0 spiro atoms. The SMILES string of the molecule is CCCCCCCCCCCCCCCCC(=O)OC[C@H](COP(=O)(O)OCC[N+](C)(C)C)OC(=O)CCC/C=C\C[C@H]1C(=O)C[C@@H](O)[C@@H]1/C=C/[C@@H](O)CCCCC. The largest absolute Gasteiger partial charge is 0.472 e. The van der Waals surface area contributed by atoms with E-state index in [-0.39, 0.29) is 50.1 Å². The van der Waals surface area contributed by atoms with Gasteiger partial charge in [-0.3, -0.25) is 23.4 Å². The van der Waals surface area contributed by atoms with E-state index in [1.165, 1.54) is 64.2 Å². The van der Waals surface area contributed by atoms with E-state index >= 15 is 0 Å². The van der Waals surface area contributed by atoms with Gasteiger partial charge in [-0.25, -0.2) is 4.57 Å². The second-order valence-corrected chi connectivity index (χ2v) is 18.7. The lowest BCUT2D eigenvalue weighted by Gasteiger charge is -2.24. The third-order valence-electron chi connectivity index (χ3n) is 10.6. The maximum absolute atomic E-state index is 12.8. The quantitative estimate of drug-likeness (QED) is 0.0179. The number of hydrogen-bond donors (Lipinski definition) is 3. The summed E-state index contributed by atoms with van der Waals surface area (Å²) in [7, 11) is 1.32. The number of phosphoric acid groups is 1. The number of carbonyl (C=O) groups excluding carboxylic acids is 3. The molecule has 3 N–H and O–H groups in total. The number of unbranched alkanes of at least 4 members (excludes halogenated alkanes) is 16. The first kappa shape index (κ1) is 54.1. The first-order valence-electron chi connectivity index (χ1n) is 22.7. The van der Waals surface area contributed by atoms with Crippen LogP contribution in [0.4, 0.5) is 0 Å². The van der Waals surface area contributed by atoms with Gasteiger partial charge in [0.05, 0.1) is 40.0 Å². The van der Waals surface area contributed by atoms with Gasteiger partial charge in [0.1, 0.15) is 25.5 Å². The first-order chi connectivity index (χ1) is 27.7. The van der Waals surface area contributed by atoms with Crippen molar-refractivity contribution in [3.63, 3.8) is 0 Å². The molecule has 1 aliphatic carbocycles. The lowest BCUT2D eigenvalue weighted by atomic mass is 9.90. The average Bonchev–Trinajstić information content (AvgIpc) is 3.43. The molecule has 0 bridgehead atoms. The van der Waals surface area contributed by atoms with Crippen LogP contribution in [0.2, 0.25) is 0 Å². The zero-order valence-electron chi connectivity index (χ0n) is 37.0. The molecule has 0 aliphatic heterocycles. The molecule has 1 unspecified atom stereocenters. The monoisotopic (exact) mass is 845 g/mol. The third kappa shape index (κ3) is 29.3. The summed E-state index contributed by atoms with van der Waals surface area (Å²) >= 11 is 0. The van der Waals surface area contributed by atoms with E-state index in [9.17, 15) is 34.1 Å². The van der Waals surface area contributed by atoms with Crippen molar-refractivity contribution in [2.24, 2.45) is 11.8 Å². The molecule has 12 nitrogen and oxygen atoms in total. The summed E-state index contributed by atoms with van der Waals surface area (Å²) in [5, 5.41) is 20.7. The van der Waals surface area contributed by atoms with E-state index in [1.807, 2.05) is 33.3 Å². The lowest BCUT2D eigenvalue weighted by molar-refractivity contribution is -0.870. The molecule has 1 rings (SSSR count). The molecule has 1 fully saturated rings. The first-order valence-corrected chi connectivity index (χ1v) is 24.2. The number of aliphatic hydroxyl groups is 2. The van der Waals surface area contributed by atoms with Crippen LogP contribution in [0.5, 0.6) is 0 Å². The van der Waals surface area contributed by atoms with Crippen molar-refractivity contribution in [2.45, 2.75) is 186 Å². The molecule has 1 saturated carbocycles. The Morgan fingerprint density at radius 3 is 1.97 bits per heavy atom. The Kier molecular flexibility index (Phi) is 30.6. The van der Waals surface area contributed by atoms with Crippen molar-refractivity contribution in [3.05, 3.63) is 24.3 Å². The van der Waals surface area contributed by atoms with Gasteiger partial charge in [-0.05, 0) is 32.1 Å². The smallest absolute Gasteiger partial charge is 0.462 e. The third-order valence-corrected chi connectivity index (χ3v) is 11.6. The Labute approximate surface area is 351 Å². The maximum atomic E-state index is 12.8. The molecule has 6 atom stereocenters. The second kappa shape index (κ2) is 32.8. The topological polar surface area (TPSA) is 166 Å². The number of Topliss-reactive ketones (excluding diaryl/α,β-unsaturated/α-hetero) is 1. The lowest BCUT2D eigenvalue weighted by Crippen LogP contribution is -2.37. The number of quaternary nitrogens is 1. The Hall–Kier alpha value is -1.92. The van der Waals surface area contributed by atoms with E-state index in [2.05, 4.69) is 13.8 Å². The van der Waals surface area contributed by atoms with Crippen molar-refractivity contribution >= 4 is 25.5 Å². The highest BCUT2D eigenvalue weighted by atomic mass is 31.2. The van der Waals surface area contributed by atoms with E-state index < -0.39 is 44.7 Å². The van der Waals surface area contributed by atoms with Crippen LogP contribution in [0.15, 0.2) is 24.3 Å². The number of ketones is 1. The van der Waals surface area contributed by atoms with Crippen molar-refractivity contribution in [3.8, 4) is 0 Å². The van der Waals surface area contributed by atoms with Crippen LogP contribution in [0.1, 0.15) is 168 Å². The van der Waals surface area contributed by atoms with Crippen molar-refractivity contribution in [1.82, 2.24) is 0 Å². The van der Waals surface area contributed by atoms with Crippen molar-refractivity contribution in [1.29, 1.82) is 0 Å². The molecule has 0 aromatic rings. The Morgan fingerprint density at radius 2 is 1.36 bits per heavy atom. The van der Waals surface area contributed by atoms with Crippen molar-refractivity contribution in [2.75, 3.05) is 47.5 Å². The van der Waals surface area contributed by atoms with Crippen LogP contribution in [-0.4, -0.2) is 103 Å². The number of esters is 2. The fourth-order valence-corrected chi connectivity index (χ4v) is 7.68.